The van der Waals surface area contributed by atoms with Crippen molar-refractivity contribution in [3.63, 3.8) is 0 Å². The number of hydrogen-bond acceptors (Lipinski definition) is 3. The highest BCUT2D eigenvalue weighted by Crippen LogP contribution is 2.26. The van der Waals surface area contributed by atoms with E-state index >= 15 is 0 Å². The number of carbonyl (C=O) groups is 1. The number of hydrogen-bond donors (Lipinski definition) is 3. The maximum Gasteiger partial charge on any atom is 0.319 e. The van der Waals surface area contributed by atoms with Gasteiger partial charge in [-0.3, -0.25) is 9.20 Å². The van der Waals surface area contributed by atoms with Crippen molar-refractivity contribution in [3.8, 4) is 22.4 Å². The number of rotatable bonds is 4. The first kappa shape index (κ1) is 17.5. The van der Waals surface area contributed by atoms with Crippen LogP contribution in [0.2, 0.25) is 0 Å². The number of benzene rings is 1. The molecule has 4 aromatic rings. The van der Waals surface area contributed by atoms with Gasteiger partial charge in [-0.15, -0.1) is 0 Å². The Morgan fingerprint density at radius 3 is 2.79 bits per heavy atom. The summed E-state index contributed by atoms with van der Waals surface area (Å²) in [5.41, 5.74) is 5.12. The number of pyridine rings is 2. The van der Waals surface area contributed by atoms with Crippen molar-refractivity contribution in [2.24, 2.45) is 0 Å². The molecule has 4 rings (SSSR count). The molecule has 0 fully saturated rings. The number of carbonyl (C=O) groups excluding carboxylic acids is 1. The van der Waals surface area contributed by atoms with Gasteiger partial charge < -0.3 is 15.6 Å². The maximum atomic E-state index is 11.8. The minimum atomic E-state index is -0.233. The Hall–Kier alpha value is -3.87. The number of fused-ring (bicyclic) bond motifs is 1. The molecule has 1 aromatic carbocycles. The SMILES string of the molecule is CCNC(=O)Nc1cccc(-c2cnc3cc(-c4ccc(=O)[nH]c4)ccn23)c1. The molecule has 0 aliphatic heterocycles. The van der Waals surface area contributed by atoms with Crippen molar-refractivity contribution in [1.29, 1.82) is 0 Å². The smallest absolute Gasteiger partial charge is 0.319 e. The van der Waals surface area contributed by atoms with Gasteiger partial charge in [0.05, 0.1) is 11.9 Å². The number of anilines is 1. The van der Waals surface area contributed by atoms with E-state index in [-0.39, 0.29) is 11.6 Å². The molecule has 140 valence electrons. The Morgan fingerprint density at radius 1 is 1.11 bits per heavy atom. The molecule has 7 heteroatoms. The highest BCUT2D eigenvalue weighted by atomic mass is 16.2. The molecule has 0 unspecified atom stereocenters. The second-order valence-electron chi connectivity index (χ2n) is 6.29. The molecular formula is C21H19N5O2. The highest BCUT2D eigenvalue weighted by molar-refractivity contribution is 5.90. The van der Waals surface area contributed by atoms with E-state index < -0.39 is 0 Å². The standard InChI is InChI=1S/C21H19N5O2/c1-2-22-21(28)25-17-5-3-4-15(10-17)18-13-23-19-11-14(8-9-26(18)19)16-6-7-20(27)24-12-16/h3-13H,2H2,1H3,(H,24,27)(H2,22,25,28). The van der Waals surface area contributed by atoms with Gasteiger partial charge in [0, 0.05) is 36.3 Å². The van der Waals surface area contributed by atoms with Crippen molar-refractivity contribution < 1.29 is 4.79 Å². The van der Waals surface area contributed by atoms with Crippen LogP contribution in [0.25, 0.3) is 28.0 Å². The number of nitrogens with one attached hydrogen (secondary N) is 3. The fourth-order valence-corrected chi connectivity index (χ4v) is 3.06. The second-order valence-corrected chi connectivity index (χ2v) is 6.29. The van der Waals surface area contributed by atoms with Gasteiger partial charge >= 0.3 is 6.03 Å². The fourth-order valence-electron chi connectivity index (χ4n) is 3.06. The lowest BCUT2D eigenvalue weighted by Gasteiger charge is -2.08. The molecule has 28 heavy (non-hydrogen) atoms. The predicted molar refractivity (Wildman–Crippen MR) is 109 cm³/mol. The topological polar surface area (TPSA) is 91.3 Å². The van der Waals surface area contributed by atoms with E-state index in [1.807, 2.05) is 53.9 Å². The van der Waals surface area contributed by atoms with Crippen molar-refractivity contribution >= 4 is 17.4 Å². The molecule has 0 saturated heterocycles. The summed E-state index contributed by atoms with van der Waals surface area (Å²) < 4.78 is 1.99. The van der Waals surface area contributed by atoms with Crippen LogP contribution < -0.4 is 16.2 Å². The zero-order valence-electron chi connectivity index (χ0n) is 15.3. The van der Waals surface area contributed by atoms with Crippen LogP contribution in [0.3, 0.4) is 0 Å². The number of aromatic nitrogens is 3. The number of nitrogens with zero attached hydrogens (tertiary/aromatic N) is 2. The van der Waals surface area contributed by atoms with Gasteiger partial charge in [0.15, 0.2) is 0 Å². The lowest BCUT2D eigenvalue weighted by atomic mass is 10.1. The number of aromatic amines is 1. The molecule has 0 bridgehead atoms. The average Bonchev–Trinajstić information content (AvgIpc) is 3.12. The van der Waals surface area contributed by atoms with Gasteiger partial charge in [0.1, 0.15) is 5.65 Å². The molecule has 0 aliphatic rings. The summed E-state index contributed by atoms with van der Waals surface area (Å²) in [5, 5.41) is 5.53. The highest BCUT2D eigenvalue weighted by Gasteiger charge is 2.09. The van der Waals surface area contributed by atoms with Crippen molar-refractivity contribution in [2.75, 3.05) is 11.9 Å². The summed E-state index contributed by atoms with van der Waals surface area (Å²) >= 11 is 0. The van der Waals surface area contributed by atoms with Crippen molar-refractivity contribution in [1.82, 2.24) is 19.7 Å². The van der Waals surface area contributed by atoms with Crippen LogP contribution in [-0.2, 0) is 0 Å². The van der Waals surface area contributed by atoms with E-state index in [0.29, 0.717) is 12.2 Å². The van der Waals surface area contributed by atoms with Crippen LogP contribution in [0.1, 0.15) is 6.92 Å². The van der Waals surface area contributed by atoms with Gasteiger partial charge in [-0.25, -0.2) is 9.78 Å². The molecule has 0 saturated carbocycles. The van der Waals surface area contributed by atoms with Gasteiger partial charge in [0.2, 0.25) is 5.56 Å². The molecule has 0 aliphatic carbocycles. The molecule has 2 amide bonds. The molecule has 0 radical (unpaired) electrons. The van der Waals surface area contributed by atoms with Crippen LogP contribution in [0, 0.1) is 0 Å². The summed E-state index contributed by atoms with van der Waals surface area (Å²) in [6.45, 7) is 2.44. The quantitative estimate of drug-likeness (QED) is 0.511. The summed E-state index contributed by atoms with van der Waals surface area (Å²) in [6, 6.07) is 14.6. The van der Waals surface area contributed by atoms with E-state index in [1.54, 1.807) is 18.5 Å². The van der Waals surface area contributed by atoms with Crippen LogP contribution in [-0.4, -0.2) is 26.9 Å². The molecule has 3 aromatic heterocycles. The summed E-state index contributed by atoms with van der Waals surface area (Å²) in [7, 11) is 0. The van der Waals surface area contributed by atoms with Gasteiger partial charge in [-0.1, -0.05) is 12.1 Å². The summed E-state index contributed by atoms with van der Waals surface area (Å²) in [6.07, 6.45) is 5.44. The van der Waals surface area contributed by atoms with Crippen molar-refractivity contribution in [3.05, 3.63) is 77.5 Å². The van der Waals surface area contributed by atoms with E-state index in [1.165, 1.54) is 6.07 Å². The molecule has 3 N–H and O–H groups in total. The van der Waals surface area contributed by atoms with Gasteiger partial charge in [-0.05, 0) is 48.4 Å². The first-order valence-corrected chi connectivity index (χ1v) is 8.95. The predicted octanol–water partition coefficient (Wildman–Crippen LogP) is 3.50. The lowest BCUT2D eigenvalue weighted by Crippen LogP contribution is -2.28. The Kier molecular flexibility index (Phi) is 4.63. The third-order valence-electron chi connectivity index (χ3n) is 4.38. The summed E-state index contributed by atoms with van der Waals surface area (Å²) in [5.74, 6) is 0. The van der Waals surface area contributed by atoms with E-state index in [2.05, 4.69) is 20.6 Å². The third-order valence-corrected chi connectivity index (χ3v) is 4.38. The Bertz CT molecular complexity index is 1190. The molecule has 0 spiro atoms. The minimum absolute atomic E-state index is 0.131. The average molecular weight is 373 g/mol. The van der Waals surface area contributed by atoms with Gasteiger partial charge in [0.25, 0.3) is 0 Å². The molecule has 0 atom stereocenters. The molecule has 3 heterocycles. The van der Waals surface area contributed by atoms with E-state index in [9.17, 15) is 9.59 Å². The fraction of sp³-hybridized carbons (Fsp3) is 0.0952. The monoisotopic (exact) mass is 373 g/mol. The van der Waals surface area contributed by atoms with Crippen LogP contribution in [0.15, 0.2) is 71.9 Å². The third kappa shape index (κ3) is 3.50. The zero-order chi connectivity index (χ0) is 19.5. The number of urea groups is 1. The van der Waals surface area contributed by atoms with Crippen molar-refractivity contribution in [2.45, 2.75) is 6.92 Å². The number of H-pyrrole nitrogens is 1. The van der Waals surface area contributed by atoms with Crippen LogP contribution in [0.5, 0.6) is 0 Å². The van der Waals surface area contributed by atoms with E-state index in [0.717, 1.165) is 28.0 Å². The second kappa shape index (κ2) is 7.40. The van der Waals surface area contributed by atoms with Gasteiger partial charge in [-0.2, -0.15) is 0 Å². The first-order valence-electron chi connectivity index (χ1n) is 8.95. The lowest BCUT2D eigenvalue weighted by molar-refractivity contribution is 0.252. The first-order chi connectivity index (χ1) is 13.6. The Morgan fingerprint density at radius 2 is 2.00 bits per heavy atom. The maximum absolute atomic E-state index is 11.8. The molecular weight excluding hydrogens is 354 g/mol. The van der Waals surface area contributed by atoms with Crippen LogP contribution >= 0.6 is 0 Å². The number of amides is 2. The zero-order valence-corrected chi connectivity index (χ0v) is 15.3. The molecule has 7 nitrogen and oxygen atoms in total. The normalized spacial score (nSPS) is 10.8. The largest absolute Gasteiger partial charge is 0.338 e. The Labute approximate surface area is 161 Å². The summed E-state index contributed by atoms with van der Waals surface area (Å²) in [4.78, 5) is 30.2. The van der Waals surface area contributed by atoms with E-state index in [4.69, 9.17) is 0 Å². The minimum Gasteiger partial charge on any atom is -0.338 e. The number of imidazole rings is 1. The van der Waals surface area contributed by atoms with Crippen LogP contribution in [0.4, 0.5) is 10.5 Å². The Balaban J connectivity index is 1.67.